The second-order valence-corrected chi connectivity index (χ2v) is 8.99. The Kier molecular flexibility index (Phi) is 8.87. The molecule has 0 aromatic rings. The Bertz CT molecular complexity index is 465. The predicted molar refractivity (Wildman–Crippen MR) is 115 cm³/mol. The van der Waals surface area contributed by atoms with Crippen molar-refractivity contribution < 1.29 is 9.47 Å². The van der Waals surface area contributed by atoms with Crippen LogP contribution in [0.4, 0.5) is 0 Å². The van der Waals surface area contributed by atoms with Crippen LogP contribution in [0.25, 0.3) is 0 Å². The van der Waals surface area contributed by atoms with Gasteiger partial charge >= 0.3 is 0 Å². The largest absolute Gasteiger partial charge is 0.376 e. The number of guanidine groups is 1. The van der Waals surface area contributed by atoms with Crippen molar-refractivity contribution in [3.8, 4) is 0 Å². The molecule has 0 aromatic heterocycles. The van der Waals surface area contributed by atoms with Crippen LogP contribution in [-0.4, -0.2) is 87.0 Å². The van der Waals surface area contributed by atoms with E-state index in [2.05, 4.69) is 34.0 Å². The van der Waals surface area contributed by atoms with Crippen LogP contribution in [0.1, 0.15) is 58.8 Å². The summed E-state index contributed by atoms with van der Waals surface area (Å²) in [5.74, 6) is 1.71. The molecule has 1 N–H and O–H groups in total. The molecule has 6 heteroatoms. The van der Waals surface area contributed by atoms with E-state index in [4.69, 9.17) is 9.47 Å². The van der Waals surface area contributed by atoms with Gasteiger partial charge in [-0.3, -0.25) is 9.89 Å². The normalized spacial score (nSPS) is 26.8. The van der Waals surface area contributed by atoms with Crippen molar-refractivity contribution in [1.82, 2.24) is 15.1 Å². The zero-order chi connectivity index (χ0) is 19.8. The maximum absolute atomic E-state index is 6.16. The van der Waals surface area contributed by atoms with Crippen molar-refractivity contribution in [2.45, 2.75) is 77.0 Å². The number of rotatable bonds is 7. The van der Waals surface area contributed by atoms with Crippen molar-refractivity contribution in [2.75, 3.05) is 53.0 Å². The van der Waals surface area contributed by atoms with E-state index in [1.807, 2.05) is 7.05 Å². The van der Waals surface area contributed by atoms with Crippen LogP contribution in [0, 0.1) is 5.92 Å². The lowest BCUT2D eigenvalue weighted by molar-refractivity contribution is -0.0721. The fraction of sp³-hybridized carbons (Fsp3) is 0.955. The van der Waals surface area contributed by atoms with Crippen LogP contribution >= 0.6 is 0 Å². The first kappa shape index (κ1) is 21.8. The Morgan fingerprint density at radius 3 is 2.43 bits per heavy atom. The van der Waals surface area contributed by atoms with Crippen molar-refractivity contribution in [3.63, 3.8) is 0 Å². The lowest BCUT2D eigenvalue weighted by atomic mass is 10.0. The van der Waals surface area contributed by atoms with E-state index in [0.29, 0.717) is 24.2 Å². The zero-order valence-electron chi connectivity index (χ0n) is 18.4. The highest BCUT2D eigenvalue weighted by Crippen LogP contribution is 2.19. The van der Waals surface area contributed by atoms with E-state index < -0.39 is 0 Å². The molecule has 3 aliphatic rings. The van der Waals surface area contributed by atoms with Gasteiger partial charge < -0.3 is 19.7 Å². The summed E-state index contributed by atoms with van der Waals surface area (Å²) in [6, 6.07) is 0.593. The van der Waals surface area contributed by atoms with Crippen LogP contribution in [0.15, 0.2) is 4.99 Å². The first-order valence-electron chi connectivity index (χ1n) is 11.6. The van der Waals surface area contributed by atoms with E-state index in [1.165, 1.54) is 38.8 Å². The van der Waals surface area contributed by atoms with Gasteiger partial charge in [0.1, 0.15) is 0 Å². The van der Waals surface area contributed by atoms with E-state index in [-0.39, 0.29) is 0 Å². The summed E-state index contributed by atoms with van der Waals surface area (Å²) in [5.41, 5.74) is 0. The summed E-state index contributed by atoms with van der Waals surface area (Å²) in [7, 11) is 1.91. The Morgan fingerprint density at radius 2 is 1.82 bits per heavy atom. The van der Waals surface area contributed by atoms with E-state index in [1.54, 1.807) is 0 Å². The van der Waals surface area contributed by atoms with Gasteiger partial charge in [-0.2, -0.15) is 0 Å². The van der Waals surface area contributed by atoms with Crippen molar-refractivity contribution in [2.24, 2.45) is 10.9 Å². The van der Waals surface area contributed by atoms with Gasteiger partial charge in [-0.25, -0.2) is 0 Å². The summed E-state index contributed by atoms with van der Waals surface area (Å²) in [6.07, 6.45) is 9.17. The molecule has 3 heterocycles. The molecule has 6 nitrogen and oxygen atoms in total. The first-order chi connectivity index (χ1) is 13.7. The number of hydrogen-bond donors (Lipinski definition) is 1. The summed E-state index contributed by atoms with van der Waals surface area (Å²) < 4.78 is 12.0. The minimum atomic E-state index is 0.319. The summed E-state index contributed by atoms with van der Waals surface area (Å²) in [6.45, 7) is 11.9. The molecule has 3 rings (SSSR count). The molecule has 0 aromatic carbocycles. The van der Waals surface area contributed by atoms with Crippen molar-refractivity contribution >= 4 is 5.96 Å². The van der Waals surface area contributed by atoms with Gasteiger partial charge in [0, 0.05) is 39.3 Å². The Morgan fingerprint density at radius 1 is 1.07 bits per heavy atom. The summed E-state index contributed by atoms with van der Waals surface area (Å²) in [5, 5.41) is 3.67. The van der Waals surface area contributed by atoms with Crippen LogP contribution in [-0.2, 0) is 9.47 Å². The average Bonchev–Trinajstić information content (AvgIpc) is 3.25. The Hall–Kier alpha value is -0.850. The number of piperidine rings is 1. The van der Waals surface area contributed by atoms with Crippen LogP contribution < -0.4 is 5.32 Å². The number of likely N-dealkylation sites (tertiary alicyclic amines) is 2. The summed E-state index contributed by atoms with van der Waals surface area (Å²) in [4.78, 5) is 9.62. The molecule has 28 heavy (non-hydrogen) atoms. The van der Waals surface area contributed by atoms with Crippen LogP contribution in [0.3, 0.4) is 0 Å². The first-order valence-corrected chi connectivity index (χ1v) is 11.6. The molecular weight excluding hydrogens is 352 g/mol. The maximum atomic E-state index is 6.16. The molecule has 0 amide bonds. The fourth-order valence-corrected chi connectivity index (χ4v) is 4.80. The second-order valence-electron chi connectivity index (χ2n) is 8.99. The molecular formula is C22H42N4O2. The van der Waals surface area contributed by atoms with Gasteiger partial charge in [0.15, 0.2) is 5.96 Å². The van der Waals surface area contributed by atoms with E-state index in [9.17, 15) is 0 Å². The third kappa shape index (κ3) is 6.33. The number of aliphatic imine (C=N–C) groups is 1. The minimum absolute atomic E-state index is 0.319. The predicted octanol–water partition coefficient (Wildman–Crippen LogP) is 2.73. The van der Waals surface area contributed by atoms with Crippen molar-refractivity contribution in [3.05, 3.63) is 0 Å². The molecule has 0 radical (unpaired) electrons. The highest BCUT2D eigenvalue weighted by molar-refractivity contribution is 5.80. The smallest absolute Gasteiger partial charge is 0.193 e. The number of hydrogen-bond acceptors (Lipinski definition) is 4. The SMILES string of the molecule is CN=C(NCC(C(C)C)N1CCCC1)N1CCC(OCC2CCCCO2)CC1. The molecule has 2 atom stereocenters. The molecule has 3 saturated heterocycles. The number of nitrogens with one attached hydrogen (secondary N) is 1. The van der Waals surface area contributed by atoms with Gasteiger partial charge in [-0.05, 0) is 64.0 Å². The lowest BCUT2D eigenvalue weighted by Gasteiger charge is -2.36. The third-order valence-corrected chi connectivity index (χ3v) is 6.59. The van der Waals surface area contributed by atoms with Gasteiger partial charge in [0.25, 0.3) is 0 Å². The average molecular weight is 395 g/mol. The lowest BCUT2D eigenvalue weighted by Crippen LogP contribution is -2.52. The highest BCUT2D eigenvalue weighted by atomic mass is 16.5. The fourth-order valence-electron chi connectivity index (χ4n) is 4.80. The van der Waals surface area contributed by atoms with Crippen molar-refractivity contribution in [1.29, 1.82) is 0 Å². The number of nitrogens with zero attached hydrogens (tertiary/aromatic N) is 3. The molecule has 2 unspecified atom stereocenters. The quantitative estimate of drug-likeness (QED) is 0.531. The van der Waals surface area contributed by atoms with E-state index in [0.717, 1.165) is 58.1 Å². The summed E-state index contributed by atoms with van der Waals surface area (Å²) >= 11 is 0. The highest BCUT2D eigenvalue weighted by Gasteiger charge is 2.27. The zero-order valence-corrected chi connectivity index (χ0v) is 18.4. The molecule has 0 aliphatic carbocycles. The molecule has 3 fully saturated rings. The number of ether oxygens (including phenoxy) is 2. The standard InChI is InChI=1S/C22H42N4O2/c1-18(2)21(25-11-5-6-12-25)16-24-22(23-3)26-13-9-19(10-14-26)28-17-20-8-4-7-15-27-20/h18-21H,4-17H2,1-3H3,(H,23,24). The van der Waals surface area contributed by atoms with Gasteiger partial charge in [0.2, 0.25) is 0 Å². The molecule has 0 saturated carbocycles. The van der Waals surface area contributed by atoms with Gasteiger partial charge in [-0.1, -0.05) is 13.8 Å². The van der Waals surface area contributed by atoms with Crippen LogP contribution in [0.5, 0.6) is 0 Å². The molecule has 3 aliphatic heterocycles. The van der Waals surface area contributed by atoms with E-state index >= 15 is 0 Å². The maximum Gasteiger partial charge on any atom is 0.193 e. The topological polar surface area (TPSA) is 49.3 Å². The second kappa shape index (κ2) is 11.4. The monoisotopic (exact) mass is 394 g/mol. The van der Waals surface area contributed by atoms with Gasteiger partial charge in [0.05, 0.1) is 18.8 Å². The molecule has 162 valence electrons. The minimum Gasteiger partial charge on any atom is -0.376 e. The van der Waals surface area contributed by atoms with Crippen LogP contribution in [0.2, 0.25) is 0 Å². The Balaban J connectivity index is 1.39. The Labute approximate surface area is 172 Å². The molecule has 0 bridgehead atoms. The van der Waals surface area contributed by atoms with Gasteiger partial charge in [-0.15, -0.1) is 0 Å². The third-order valence-electron chi connectivity index (χ3n) is 6.59. The molecule has 0 spiro atoms.